The number of amides is 4. The van der Waals surface area contributed by atoms with Crippen molar-refractivity contribution in [2.24, 2.45) is 5.73 Å². The van der Waals surface area contributed by atoms with Gasteiger partial charge in [0.2, 0.25) is 0 Å². The van der Waals surface area contributed by atoms with Gasteiger partial charge < -0.3 is 26.1 Å². The van der Waals surface area contributed by atoms with Gasteiger partial charge in [0.15, 0.2) is 0 Å². The molecule has 0 saturated heterocycles. The van der Waals surface area contributed by atoms with E-state index in [2.05, 4.69) is 20.8 Å². The van der Waals surface area contributed by atoms with Gasteiger partial charge in [0, 0.05) is 30.6 Å². The van der Waals surface area contributed by atoms with Crippen molar-refractivity contribution < 1.29 is 19.2 Å². The number of urea groups is 1. The number of fused-ring (bicyclic) bond motifs is 2. The maximum Gasteiger partial charge on any atom is 0.312 e. The summed E-state index contributed by atoms with van der Waals surface area (Å²) in [7, 11) is 0. The molecular weight excluding hydrogens is 483 g/mol. The van der Waals surface area contributed by atoms with E-state index < -0.39 is 18.0 Å². The average Bonchev–Trinajstić information content (AvgIpc) is 3.28. The zero-order chi connectivity index (χ0) is 24.4. The van der Waals surface area contributed by atoms with Crippen molar-refractivity contribution in [2.75, 3.05) is 13.1 Å². The maximum atomic E-state index is 13.1. The van der Waals surface area contributed by atoms with Gasteiger partial charge in [0.1, 0.15) is 12.3 Å². The molecule has 0 spiro atoms. The third kappa shape index (κ3) is 4.68. The number of aromatic nitrogens is 2. The molecule has 176 valence electrons. The van der Waals surface area contributed by atoms with Gasteiger partial charge in [0.25, 0.3) is 11.8 Å². The van der Waals surface area contributed by atoms with Crippen LogP contribution in [0.2, 0.25) is 10.0 Å². The van der Waals surface area contributed by atoms with Crippen molar-refractivity contribution in [1.82, 2.24) is 25.7 Å². The number of primary amides is 1. The van der Waals surface area contributed by atoms with E-state index in [9.17, 15) is 19.2 Å². The number of hydrogen-bond acceptors (Lipinski definition) is 5. The lowest BCUT2D eigenvalue weighted by atomic mass is 9.96. The summed E-state index contributed by atoms with van der Waals surface area (Å²) in [5.41, 5.74) is 7.76. The zero-order valence-corrected chi connectivity index (χ0v) is 19.2. The van der Waals surface area contributed by atoms with Crippen LogP contribution in [0.3, 0.4) is 0 Å². The van der Waals surface area contributed by atoms with Crippen molar-refractivity contribution in [3.63, 3.8) is 0 Å². The highest BCUT2D eigenvalue weighted by Gasteiger charge is 2.28. The van der Waals surface area contributed by atoms with E-state index in [1.54, 1.807) is 29.3 Å². The maximum absolute atomic E-state index is 13.1. The summed E-state index contributed by atoms with van der Waals surface area (Å²) in [6, 6.07) is 5.10. The average molecular weight is 503 g/mol. The number of nitrogens with one attached hydrogen (secondary N) is 3. The Labute approximate surface area is 203 Å². The molecule has 2 heterocycles. The quantitative estimate of drug-likeness (QED) is 0.380. The van der Waals surface area contributed by atoms with Crippen LogP contribution in [0.25, 0.3) is 10.9 Å². The first-order valence-corrected chi connectivity index (χ1v) is 11.1. The fraction of sp³-hybridized carbons (Fsp3) is 0.227. The van der Waals surface area contributed by atoms with Crippen molar-refractivity contribution in [1.29, 1.82) is 0 Å². The van der Waals surface area contributed by atoms with Gasteiger partial charge in [-0.1, -0.05) is 29.3 Å². The van der Waals surface area contributed by atoms with E-state index in [1.807, 2.05) is 6.07 Å². The minimum absolute atomic E-state index is 0.0254. The van der Waals surface area contributed by atoms with Crippen molar-refractivity contribution in [3.05, 3.63) is 62.8 Å². The van der Waals surface area contributed by atoms with E-state index >= 15 is 0 Å². The number of H-pyrrole nitrogens is 1. The van der Waals surface area contributed by atoms with E-state index in [1.165, 1.54) is 0 Å². The van der Waals surface area contributed by atoms with Gasteiger partial charge in [-0.05, 0) is 35.7 Å². The Morgan fingerprint density at radius 1 is 1.26 bits per heavy atom. The van der Waals surface area contributed by atoms with Crippen LogP contribution < -0.4 is 16.4 Å². The third-order valence-corrected chi connectivity index (χ3v) is 6.30. The predicted octanol–water partition coefficient (Wildman–Crippen LogP) is 2.03. The van der Waals surface area contributed by atoms with Crippen LogP contribution in [-0.2, 0) is 17.8 Å². The van der Waals surface area contributed by atoms with E-state index in [0.29, 0.717) is 30.4 Å². The Bertz CT molecular complexity index is 1310. The number of benzene rings is 2. The van der Waals surface area contributed by atoms with E-state index in [0.717, 1.165) is 16.5 Å². The summed E-state index contributed by atoms with van der Waals surface area (Å²) in [6.45, 7) is 0.497. The SMILES string of the molecule is NC(=O)NC[C@@H](C=O)NC(=O)c1c(Cl)cc2c(c1Cl)CCN(C(=O)c1ccc3cn[nH]c3c1)C2. The molecule has 0 radical (unpaired) electrons. The molecule has 12 heteroatoms. The Kier molecular flexibility index (Phi) is 6.71. The highest BCUT2D eigenvalue weighted by atomic mass is 35.5. The fourth-order valence-electron chi connectivity index (χ4n) is 3.87. The van der Waals surface area contributed by atoms with Crippen molar-refractivity contribution >= 4 is 58.2 Å². The van der Waals surface area contributed by atoms with Crippen LogP contribution in [0, 0.1) is 0 Å². The largest absolute Gasteiger partial charge is 0.352 e. The van der Waals surface area contributed by atoms with Crippen LogP contribution in [0.15, 0.2) is 30.5 Å². The molecule has 2 aromatic carbocycles. The molecule has 1 aliphatic rings. The second-order valence-corrected chi connectivity index (χ2v) is 8.58. The molecule has 0 fully saturated rings. The van der Waals surface area contributed by atoms with Gasteiger partial charge in [-0.3, -0.25) is 14.7 Å². The topological polar surface area (TPSA) is 150 Å². The van der Waals surface area contributed by atoms with E-state index in [-0.39, 0.29) is 34.6 Å². The minimum atomic E-state index is -1.01. The van der Waals surface area contributed by atoms with Crippen LogP contribution in [0.1, 0.15) is 31.8 Å². The molecule has 5 N–H and O–H groups in total. The zero-order valence-electron chi connectivity index (χ0n) is 17.7. The Morgan fingerprint density at radius 3 is 2.79 bits per heavy atom. The summed E-state index contributed by atoms with van der Waals surface area (Å²) in [5, 5.41) is 12.7. The molecule has 0 unspecified atom stereocenters. The van der Waals surface area contributed by atoms with Crippen molar-refractivity contribution in [2.45, 2.75) is 19.0 Å². The number of carbonyl (C=O) groups excluding carboxylic acids is 4. The van der Waals surface area contributed by atoms with Gasteiger partial charge in [-0.2, -0.15) is 5.10 Å². The number of rotatable bonds is 6. The third-order valence-electron chi connectivity index (χ3n) is 5.58. The highest BCUT2D eigenvalue weighted by molar-refractivity contribution is 6.40. The van der Waals surface area contributed by atoms with Crippen LogP contribution in [0.4, 0.5) is 4.79 Å². The highest BCUT2D eigenvalue weighted by Crippen LogP contribution is 2.35. The van der Waals surface area contributed by atoms with Crippen LogP contribution in [0.5, 0.6) is 0 Å². The number of halogens is 2. The Balaban J connectivity index is 1.53. The minimum Gasteiger partial charge on any atom is -0.352 e. The summed E-state index contributed by atoms with van der Waals surface area (Å²) in [6.07, 6.45) is 2.58. The lowest BCUT2D eigenvalue weighted by Crippen LogP contribution is -2.46. The second kappa shape index (κ2) is 9.70. The first-order chi connectivity index (χ1) is 16.3. The molecule has 34 heavy (non-hydrogen) atoms. The summed E-state index contributed by atoms with van der Waals surface area (Å²) >= 11 is 12.9. The van der Waals surface area contributed by atoms with Gasteiger partial charge >= 0.3 is 6.03 Å². The molecule has 0 bridgehead atoms. The predicted molar refractivity (Wildman–Crippen MR) is 126 cm³/mol. The molecule has 0 saturated carbocycles. The molecule has 10 nitrogen and oxygen atoms in total. The van der Waals surface area contributed by atoms with Gasteiger partial charge in [-0.15, -0.1) is 0 Å². The molecule has 1 aliphatic heterocycles. The molecule has 1 aromatic heterocycles. The normalized spacial score (nSPS) is 13.8. The number of carbonyl (C=O) groups is 4. The number of nitrogens with zero attached hydrogens (tertiary/aromatic N) is 2. The summed E-state index contributed by atoms with van der Waals surface area (Å²) < 4.78 is 0. The van der Waals surface area contributed by atoms with E-state index in [4.69, 9.17) is 28.9 Å². The number of aromatic amines is 1. The van der Waals surface area contributed by atoms with Crippen molar-refractivity contribution in [3.8, 4) is 0 Å². The first-order valence-electron chi connectivity index (χ1n) is 10.3. The summed E-state index contributed by atoms with van der Waals surface area (Å²) in [4.78, 5) is 49.6. The lowest BCUT2D eigenvalue weighted by Gasteiger charge is -2.30. The molecule has 0 aliphatic carbocycles. The van der Waals surface area contributed by atoms with Gasteiger partial charge in [0.05, 0.1) is 27.3 Å². The Hall–Kier alpha value is -3.63. The number of hydrogen-bond donors (Lipinski definition) is 4. The molecular formula is C22H20Cl2N6O4. The standard InChI is InChI=1S/C22H20Cl2N6O4/c23-16-5-13-9-30(21(33)11-1-2-12-7-27-29-17(12)6-11)4-3-15(13)19(24)18(16)20(32)28-14(10-31)8-26-22(25)34/h1-2,5-7,10,14H,3-4,8-9H2,(H,27,29)(H,28,32)(H3,25,26,34)/t14-/m0/s1. The molecule has 4 rings (SSSR count). The molecule has 4 amide bonds. The second-order valence-electron chi connectivity index (χ2n) is 7.79. The molecule has 1 atom stereocenters. The number of aldehydes is 1. The first kappa shape index (κ1) is 23.5. The van der Waals surface area contributed by atoms with Crippen LogP contribution in [-0.4, -0.2) is 58.4 Å². The number of nitrogens with two attached hydrogens (primary N) is 1. The van der Waals surface area contributed by atoms with Crippen LogP contribution >= 0.6 is 23.2 Å². The van der Waals surface area contributed by atoms with Gasteiger partial charge in [-0.25, -0.2) is 4.79 Å². The Morgan fingerprint density at radius 2 is 2.06 bits per heavy atom. The monoisotopic (exact) mass is 502 g/mol. The smallest absolute Gasteiger partial charge is 0.312 e. The fourth-order valence-corrected chi connectivity index (χ4v) is 4.63. The lowest BCUT2D eigenvalue weighted by molar-refractivity contribution is -0.109. The molecule has 3 aromatic rings. The summed E-state index contributed by atoms with van der Waals surface area (Å²) in [5.74, 6) is -0.806.